The highest BCUT2D eigenvalue weighted by atomic mass is 32.2. The van der Waals surface area contributed by atoms with Crippen LogP contribution in [0.3, 0.4) is 0 Å². The molecule has 1 saturated heterocycles. The largest absolute Gasteiger partial charge is 0.355 e. The zero-order valence-electron chi connectivity index (χ0n) is 18.4. The summed E-state index contributed by atoms with van der Waals surface area (Å²) in [6, 6.07) is 8.52. The lowest BCUT2D eigenvalue weighted by Gasteiger charge is -2.33. The van der Waals surface area contributed by atoms with Gasteiger partial charge >= 0.3 is 0 Å². The Hall–Kier alpha value is -2.61. The van der Waals surface area contributed by atoms with Gasteiger partial charge in [-0.2, -0.15) is 4.98 Å². The van der Waals surface area contributed by atoms with Crippen molar-refractivity contribution in [2.45, 2.75) is 44.4 Å². The van der Waals surface area contributed by atoms with Gasteiger partial charge in [-0.15, -0.1) is 11.8 Å². The Labute approximate surface area is 187 Å². The van der Waals surface area contributed by atoms with Gasteiger partial charge in [0.2, 0.25) is 5.91 Å². The Morgan fingerprint density at radius 2 is 2.10 bits per heavy atom. The number of hydrogen-bond acceptors (Lipinski definition) is 7. The fourth-order valence-electron chi connectivity index (χ4n) is 4.12. The minimum absolute atomic E-state index is 0.0529. The van der Waals surface area contributed by atoms with Crippen molar-refractivity contribution < 1.29 is 9.32 Å². The van der Waals surface area contributed by atoms with E-state index >= 15 is 0 Å². The molecule has 0 aliphatic carbocycles. The first-order valence-corrected chi connectivity index (χ1v) is 12.1. The number of aromatic nitrogens is 3. The second kappa shape index (κ2) is 9.68. The quantitative estimate of drug-likeness (QED) is 0.561. The third-order valence-corrected chi connectivity index (χ3v) is 6.54. The number of hydrogen-bond donors (Lipinski definition) is 1. The summed E-state index contributed by atoms with van der Waals surface area (Å²) in [5, 5.41) is 8.17. The number of fused-ring (bicyclic) bond motifs is 1. The molecule has 1 aromatic carbocycles. The van der Waals surface area contributed by atoms with Gasteiger partial charge < -0.3 is 14.7 Å². The fraction of sp³-hybridized carbons (Fsp3) is 0.478. The summed E-state index contributed by atoms with van der Waals surface area (Å²) in [5.74, 6) is 1.56. The van der Waals surface area contributed by atoms with Crippen molar-refractivity contribution in [2.24, 2.45) is 5.92 Å². The summed E-state index contributed by atoms with van der Waals surface area (Å²) >= 11 is 1.73. The summed E-state index contributed by atoms with van der Waals surface area (Å²) in [4.78, 5) is 25.4. The van der Waals surface area contributed by atoms with Crippen molar-refractivity contribution in [1.29, 1.82) is 0 Å². The third-order valence-electron chi connectivity index (χ3n) is 5.80. The van der Waals surface area contributed by atoms with Crippen molar-refractivity contribution in [3.63, 3.8) is 0 Å². The number of carbonyl (C=O) groups is 1. The molecule has 0 spiro atoms. The van der Waals surface area contributed by atoms with Gasteiger partial charge in [0, 0.05) is 24.5 Å². The Balaban J connectivity index is 1.41. The van der Waals surface area contributed by atoms with Gasteiger partial charge in [-0.1, -0.05) is 24.2 Å². The number of anilines is 1. The van der Waals surface area contributed by atoms with Crippen LogP contribution in [0.5, 0.6) is 0 Å². The molecule has 31 heavy (non-hydrogen) atoms. The van der Waals surface area contributed by atoms with Crippen LogP contribution in [-0.2, 0) is 17.6 Å². The minimum Gasteiger partial charge on any atom is -0.355 e. The number of nitrogens with zero attached hydrogens (tertiary/aromatic N) is 4. The lowest BCUT2D eigenvalue weighted by atomic mass is 9.96. The van der Waals surface area contributed by atoms with E-state index in [4.69, 9.17) is 9.51 Å². The number of amides is 1. The van der Waals surface area contributed by atoms with Gasteiger partial charge in [0.25, 0.3) is 5.71 Å². The molecule has 1 amide bonds. The van der Waals surface area contributed by atoms with E-state index in [0.717, 1.165) is 49.1 Å². The molecule has 0 saturated carbocycles. The SMILES string of the molecule is CCc1noc2nc(C)nc(N3CCC[C@H](C(=O)NCCc4ccc(SC)cc4)C3)c12. The maximum Gasteiger partial charge on any atom is 0.263 e. The number of benzene rings is 1. The van der Waals surface area contributed by atoms with Crippen LogP contribution in [0, 0.1) is 12.8 Å². The number of piperidine rings is 1. The van der Waals surface area contributed by atoms with E-state index in [-0.39, 0.29) is 11.8 Å². The zero-order chi connectivity index (χ0) is 21.8. The highest BCUT2D eigenvalue weighted by molar-refractivity contribution is 7.98. The van der Waals surface area contributed by atoms with E-state index in [2.05, 4.69) is 50.9 Å². The summed E-state index contributed by atoms with van der Waals surface area (Å²) in [6.07, 6.45) is 5.50. The Morgan fingerprint density at radius 3 is 2.84 bits per heavy atom. The number of nitrogens with one attached hydrogen (secondary N) is 1. The third kappa shape index (κ3) is 4.84. The van der Waals surface area contributed by atoms with Crippen LogP contribution in [0.25, 0.3) is 11.1 Å². The zero-order valence-corrected chi connectivity index (χ0v) is 19.2. The smallest absolute Gasteiger partial charge is 0.263 e. The van der Waals surface area contributed by atoms with Crippen LogP contribution in [0.2, 0.25) is 0 Å². The first-order chi connectivity index (χ1) is 15.1. The van der Waals surface area contributed by atoms with Gasteiger partial charge in [0.05, 0.1) is 11.6 Å². The van der Waals surface area contributed by atoms with Gasteiger partial charge in [-0.3, -0.25) is 4.79 Å². The van der Waals surface area contributed by atoms with Crippen molar-refractivity contribution in [3.05, 3.63) is 41.3 Å². The van der Waals surface area contributed by atoms with Crippen molar-refractivity contribution in [1.82, 2.24) is 20.4 Å². The molecule has 3 heterocycles. The molecular formula is C23H29N5O2S. The first-order valence-electron chi connectivity index (χ1n) is 10.9. The van der Waals surface area contributed by atoms with Crippen LogP contribution in [0.15, 0.2) is 33.7 Å². The van der Waals surface area contributed by atoms with Gasteiger partial charge in [-0.05, 0) is 56.6 Å². The average Bonchev–Trinajstić information content (AvgIpc) is 3.21. The molecule has 1 N–H and O–H groups in total. The summed E-state index contributed by atoms with van der Waals surface area (Å²) < 4.78 is 5.43. The molecule has 1 fully saturated rings. The molecule has 2 aromatic heterocycles. The molecule has 1 atom stereocenters. The normalized spacial score (nSPS) is 16.6. The summed E-state index contributed by atoms with van der Waals surface area (Å²) in [6.45, 7) is 6.06. The van der Waals surface area contributed by atoms with E-state index in [0.29, 0.717) is 24.6 Å². The average molecular weight is 440 g/mol. The number of rotatable bonds is 7. The minimum atomic E-state index is -0.0529. The molecule has 1 aliphatic rings. The first kappa shape index (κ1) is 21.6. The van der Waals surface area contributed by atoms with Gasteiger partial charge in [0.15, 0.2) is 0 Å². The van der Waals surface area contributed by atoms with Crippen LogP contribution in [0.1, 0.15) is 36.8 Å². The van der Waals surface area contributed by atoms with Crippen LogP contribution < -0.4 is 10.2 Å². The van der Waals surface area contributed by atoms with Crippen LogP contribution >= 0.6 is 11.8 Å². The Bertz CT molecular complexity index is 1050. The van der Waals surface area contributed by atoms with E-state index in [9.17, 15) is 4.79 Å². The van der Waals surface area contributed by atoms with Gasteiger partial charge in [-0.25, -0.2) is 4.98 Å². The van der Waals surface area contributed by atoms with Gasteiger partial charge in [0.1, 0.15) is 17.0 Å². The van der Waals surface area contributed by atoms with Crippen LogP contribution in [0.4, 0.5) is 5.82 Å². The predicted octanol–water partition coefficient (Wildman–Crippen LogP) is 3.79. The lowest BCUT2D eigenvalue weighted by molar-refractivity contribution is -0.125. The predicted molar refractivity (Wildman–Crippen MR) is 124 cm³/mol. The van der Waals surface area contributed by atoms with Crippen molar-refractivity contribution >= 4 is 34.6 Å². The molecule has 0 unspecified atom stereocenters. The second-order valence-electron chi connectivity index (χ2n) is 7.93. The second-order valence-corrected chi connectivity index (χ2v) is 8.81. The monoisotopic (exact) mass is 439 g/mol. The summed E-state index contributed by atoms with van der Waals surface area (Å²) in [5.41, 5.74) is 2.63. The lowest BCUT2D eigenvalue weighted by Crippen LogP contribution is -2.44. The molecule has 8 heteroatoms. The Kier molecular flexibility index (Phi) is 6.75. The molecular weight excluding hydrogens is 410 g/mol. The number of carbonyl (C=O) groups excluding carboxylic acids is 1. The van der Waals surface area contributed by atoms with Crippen molar-refractivity contribution in [2.75, 3.05) is 30.8 Å². The molecule has 0 bridgehead atoms. The molecule has 164 valence electrons. The molecule has 7 nitrogen and oxygen atoms in total. The molecule has 1 aliphatic heterocycles. The number of aryl methyl sites for hydroxylation is 2. The van der Waals surface area contributed by atoms with Crippen LogP contribution in [-0.4, -0.2) is 46.9 Å². The topological polar surface area (TPSA) is 84.2 Å². The molecule has 3 aromatic rings. The molecule has 0 radical (unpaired) electrons. The summed E-state index contributed by atoms with van der Waals surface area (Å²) in [7, 11) is 0. The molecule has 4 rings (SSSR count). The van der Waals surface area contributed by atoms with E-state index in [1.165, 1.54) is 10.5 Å². The highest BCUT2D eigenvalue weighted by Crippen LogP contribution is 2.30. The van der Waals surface area contributed by atoms with E-state index < -0.39 is 0 Å². The van der Waals surface area contributed by atoms with E-state index in [1.54, 1.807) is 11.8 Å². The highest BCUT2D eigenvalue weighted by Gasteiger charge is 2.29. The Morgan fingerprint density at radius 1 is 1.29 bits per heavy atom. The van der Waals surface area contributed by atoms with Crippen molar-refractivity contribution in [3.8, 4) is 0 Å². The maximum absolute atomic E-state index is 12.9. The maximum atomic E-state index is 12.9. The standard InChI is InChI=1S/C23H29N5O2S/c1-4-19-20-21(25-15(2)26-23(20)30-27-19)28-13-5-6-17(14-28)22(29)24-12-11-16-7-9-18(31-3)10-8-16/h7-10,17H,4-6,11-14H2,1-3H3,(H,24,29)/t17-/m0/s1. The van der Waals surface area contributed by atoms with E-state index in [1.807, 2.05) is 13.8 Å². The fourth-order valence-corrected chi connectivity index (χ4v) is 4.52. The number of thioether (sulfide) groups is 1.